The Hall–Kier alpha value is -4.27. The van der Waals surface area contributed by atoms with Crippen molar-refractivity contribution in [2.24, 2.45) is 0 Å². The minimum Gasteiger partial charge on any atom is -0.497 e. The van der Waals surface area contributed by atoms with E-state index < -0.39 is 34.9 Å². The van der Waals surface area contributed by atoms with Gasteiger partial charge in [-0.15, -0.1) is 0 Å². The zero-order valence-corrected chi connectivity index (χ0v) is 20.6. The second-order valence-corrected chi connectivity index (χ2v) is 8.91. The fourth-order valence-electron chi connectivity index (χ4n) is 4.41. The number of rotatable bonds is 7. The number of benzene rings is 4. The van der Waals surface area contributed by atoms with Gasteiger partial charge in [0.1, 0.15) is 5.75 Å². The highest BCUT2D eigenvalue weighted by molar-refractivity contribution is 5.95. The normalized spacial score (nSPS) is 12.2. The summed E-state index contributed by atoms with van der Waals surface area (Å²) in [7, 11) is 1.40. The molecule has 4 rings (SSSR count). The molecule has 0 aliphatic carbocycles. The molecule has 0 radical (unpaired) electrons. The van der Waals surface area contributed by atoms with Crippen LogP contribution in [0.1, 0.15) is 38.2 Å². The fraction of sp³-hybridized carbons (Fsp3) is 0.167. The maximum absolute atomic E-state index is 13.8. The Morgan fingerprint density at radius 2 is 1.18 bits per heavy atom. The van der Waals surface area contributed by atoms with Gasteiger partial charge in [-0.05, 0) is 59.2 Å². The SMILES string of the molecule is COc1cccc(C(=O)NC(Cc2ccccc2)(c2cccc(C(F)(F)F)c2)c2cccc(C(F)(F)F)c2)c1. The topological polar surface area (TPSA) is 38.3 Å². The molecule has 0 heterocycles. The number of halogens is 6. The van der Waals surface area contributed by atoms with Crippen LogP contribution in [0.2, 0.25) is 0 Å². The lowest BCUT2D eigenvalue weighted by atomic mass is 9.76. The highest BCUT2D eigenvalue weighted by Gasteiger charge is 2.41. The van der Waals surface area contributed by atoms with E-state index in [1.54, 1.807) is 42.5 Å². The summed E-state index contributed by atoms with van der Waals surface area (Å²) in [5.74, 6) is -0.353. The van der Waals surface area contributed by atoms with Crippen LogP contribution in [-0.2, 0) is 24.3 Å². The van der Waals surface area contributed by atoms with Crippen molar-refractivity contribution >= 4 is 5.91 Å². The van der Waals surface area contributed by atoms with Crippen LogP contribution < -0.4 is 10.1 Å². The zero-order chi connectivity index (χ0) is 28.3. The molecule has 0 aliphatic heterocycles. The molecule has 0 aliphatic rings. The van der Waals surface area contributed by atoms with Crippen LogP contribution in [0.15, 0.2) is 103 Å². The number of methoxy groups -OCH3 is 1. The number of ether oxygens (including phenoxy) is 1. The van der Waals surface area contributed by atoms with E-state index in [0.717, 1.165) is 24.3 Å². The second kappa shape index (κ2) is 10.8. The maximum Gasteiger partial charge on any atom is 0.416 e. The molecule has 0 spiro atoms. The summed E-state index contributed by atoms with van der Waals surface area (Å²) < 4.78 is 87.8. The Morgan fingerprint density at radius 1 is 0.667 bits per heavy atom. The predicted octanol–water partition coefficient (Wildman–Crippen LogP) is 7.65. The Morgan fingerprint density at radius 3 is 1.69 bits per heavy atom. The molecule has 0 bridgehead atoms. The van der Waals surface area contributed by atoms with Gasteiger partial charge in [-0.25, -0.2) is 0 Å². The van der Waals surface area contributed by atoms with Gasteiger partial charge in [0, 0.05) is 12.0 Å². The Bertz CT molecular complexity index is 1390. The average Bonchev–Trinajstić information content (AvgIpc) is 2.92. The molecule has 0 unspecified atom stereocenters. The Balaban J connectivity index is 1.99. The molecular formula is C30H23F6NO2. The molecular weight excluding hydrogens is 520 g/mol. The molecule has 0 saturated carbocycles. The molecule has 0 fully saturated rings. The van der Waals surface area contributed by atoms with Gasteiger partial charge >= 0.3 is 12.4 Å². The minimum absolute atomic E-state index is 0.0308. The van der Waals surface area contributed by atoms with E-state index in [1.807, 2.05) is 0 Å². The molecule has 0 aromatic heterocycles. The van der Waals surface area contributed by atoms with E-state index in [0.29, 0.717) is 11.3 Å². The van der Waals surface area contributed by atoms with Crippen molar-refractivity contribution in [1.82, 2.24) is 5.32 Å². The van der Waals surface area contributed by atoms with Crippen molar-refractivity contribution in [3.8, 4) is 5.75 Å². The van der Waals surface area contributed by atoms with Crippen LogP contribution in [0.4, 0.5) is 26.3 Å². The lowest BCUT2D eigenvalue weighted by Crippen LogP contribution is -2.49. The minimum atomic E-state index is -4.72. The standard InChI is InChI=1S/C30H23F6NO2/c1-39-26-15-5-10-21(16-26)27(38)37-28(19-20-8-3-2-4-9-20,22-11-6-13-24(17-22)29(31,32)33)23-12-7-14-25(18-23)30(34,35)36/h2-18H,19H2,1H3,(H,37,38). The van der Waals surface area contributed by atoms with Gasteiger partial charge in [0.25, 0.3) is 5.91 Å². The molecule has 1 amide bonds. The Kier molecular flexibility index (Phi) is 7.72. The number of carbonyl (C=O) groups is 1. The quantitative estimate of drug-likeness (QED) is 0.243. The molecule has 4 aromatic carbocycles. The predicted molar refractivity (Wildman–Crippen MR) is 134 cm³/mol. The van der Waals surface area contributed by atoms with Crippen molar-refractivity contribution in [2.45, 2.75) is 24.3 Å². The summed E-state index contributed by atoms with van der Waals surface area (Å²) in [5.41, 5.74) is -3.18. The van der Waals surface area contributed by atoms with Crippen LogP contribution in [0.25, 0.3) is 0 Å². The highest BCUT2D eigenvalue weighted by Crippen LogP contribution is 2.40. The lowest BCUT2D eigenvalue weighted by Gasteiger charge is -2.37. The van der Waals surface area contributed by atoms with Crippen molar-refractivity contribution in [3.63, 3.8) is 0 Å². The van der Waals surface area contributed by atoms with Crippen LogP contribution in [-0.4, -0.2) is 13.0 Å². The first-order chi connectivity index (χ1) is 18.4. The number of nitrogens with one attached hydrogen (secondary N) is 1. The summed E-state index contributed by atoms with van der Waals surface area (Å²) >= 11 is 0. The molecule has 4 aromatic rings. The van der Waals surface area contributed by atoms with Gasteiger partial charge in [0.15, 0.2) is 0 Å². The first-order valence-electron chi connectivity index (χ1n) is 11.8. The molecule has 39 heavy (non-hydrogen) atoms. The van der Waals surface area contributed by atoms with Crippen molar-refractivity contribution in [2.75, 3.05) is 7.11 Å². The molecule has 3 nitrogen and oxygen atoms in total. The van der Waals surface area contributed by atoms with E-state index in [9.17, 15) is 31.1 Å². The van der Waals surface area contributed by atoms with Crippen molar-refractivity contribution in [3.05, 3.63) is 137 Å². The van der Waals surface area contributed by atoms with E-state index >= 15 is 0 Å². The van der Waals surface area contributed by atoms with Gasteiger partial charge in [-0.3, -0.25) is 4.79 Å². The van der Waals surface area contributed by atoms with E-state index in [4.69, 9.17) is 4.74 Å². The van der Waals surface area contributed by atoms with E-state index in [-0.39, 0.29) is 23.1 Å². The van der Waals surface area contributed by atoms with Crippen LogP contribution >= 0.6 is 0 Å². The number of carbonyl (C=O) groups excluding carboxylic acids is 1. The summed E-state index contributed by atoms with van der Waals surface area (Å²) in [6.45, 7) is 0. The number of hydrogen-bond donors (Lipinski definition) is 1. The smallest absolute Gasteiger partial charge is 0.416 e. The third kappa shape index (κ3) is 6.25. The highest BCUT2D eigenvalue weighted by atomic mass is 19.4. The molecule has 0 atom stereocenters. The van der Waals surface area contributed by atoms with Gasteiger partial charge in [-0.1, -0.05) is 60.7 Å². The van der Waals surface area contributed by atoms with E-state index in [1.165, 1.54) is 43.5 Å². The summed E-state index contributed by atoms with van der Waals surface area (Å²) in [6, 6.07) is 23.1. The summed E-state index contributed by atoms with van der Waals surface area (Å²) in [6.07, 6.45) is -9.58. The molecule has 9 heteroatoms. The van der Waals surface area contributed by atoms with Crippen molar-refractivity contribution < 1.29 is 35.9 Å². The largest absolute Gasteiger partial charge is 0.497 e. The lowest BCUT2D eigenvalue weighted by molar-refractivity contribution is -0.138. The van der Waals surface area contributed by atoms with E-state index in [2.05, 4.69) is 5.32 Å². The Labute approximate surface area is 221 Å². The zero-order valence-electron chi connectivity index (χ0n) is 20.6. The van der Waals surface area contributed by atoms with Crippen LogP contribution in [0, 0.1) is 0 Å². The molecule has 1 N–H and O–H groups in total. The van der Waals surface area contributed by atoms with Crippen LogP contribution in [0.5, 0.6) is 5.75 Å². The van der Waals surface area contributed by atoms with Crippen LogP contribution in [0.3, 0.4) is 0 Å². The number of alkyl halides is 6. The monoisotopic (exact) mass is 543 g/mol. The van der Waals surface area contributed by atoms with Crippen molar-refractivity contribution in [1.29, 1.82) is 0 Å². The van der Waals surface area contributed by atoms with Gasteiger partial charge in [-0.2, -0.15) is 26.3 Å². The third-order valence-corrected chi connectivity index (χ3v) is 6.34. The average molecular weight is 544 g/mol. The van der Waals surface area contributed by atoms with Gasteiger partial charge < -0.3 is 10.1 Å². The fourth-order valence-corrected chi connectivity index (χ4v) is 4.41. The second-order valence-electron chi connectivity index (χ2n) is 8.91. The first-order valence-corrected chi connectivity index (χ1v) is 11.8. The first kappa shape index (κ1) is 27.8. The number of amides is 1. The van der Waals surface area contributed by atoms with Gasteiger partial charge in [0.2, 0.25) is 0 Å². The molecule has 0 saturated heterocycles. The maximum atomic E-state index is 13.8. The molecule has 202 valence electrons. The summed E-state index contributed by atoms with van der Waals surface area (Å²) in [4.78, 5) is 13.6. The number of hydrogen-bond acceptors (Lipinski definition) is 2. The van der Waals surface area contributed by atoms with Gasteiger partial charge in [0.05, 0.1) is 23.8 Å². The third-order valence-electron chi connectivity index (χ3n) is 6.34. The summed E-state index contributed by atoms with van der Waals surface area (Å²) in [5, 5.41) is 2.81.